The number of hydrogen-bond donors (Lipinski definition) is 1. The van der Waals surface area contributed by atoms with Crippen LogP contribution >= 0.6 is 0 Å². The highest BCUT2D eigenvalue weighted by atomic mass is 19.1. The van der Waals surface area contributed by atoms with Crippen LogP contribution in [-0.2, 0) is 4.79 Å². The molecule has 1 amide bonds. The predicted octanol–water partition coefficient (Wildman–Crippen LogP) is 2.69. The molecule has 2 unspecified atom stereocenters. The zero-order valence-corrected chi connectivity index (χ0v) is 11.9. The predicted molar refractivity (Wildman–Crippen MR) is 72.9 cm³/mol. The summed E-state index contributed by atoms with van der Waals surface area (Å²) in [6, 6.07) is 6.34. The van der Waals surface area contributed by atoms with Gasteiger partial charge in [-0.3, -0.25) is 10.1 Å². The second-order valence-electron chi connectivity index (χ2n) is 6.34. The summed E-state index contributed by atoms with van der Waals surface area (Å²) in [5.41, 5.74) is 0.509. The van der Waals surface area contributed by atoms with E-state index in [-0.39, 0.29) is 29.3 Å². The Labute approximate surface area is 113 Å². The van der Waals surface area contributed by atoms with Gasteiger partial charge in [-0.15, -0.1) is 0 Å². The molecule has 4 heteroatoms. The number of amides is 1. The molecule has 104 valence electrons. The Hall–Kier alpha value is -1.42. The first-order valence-corrected chi connectivity index (χ1v) is 6.60. The Bertz CT molecular complexity index is 481. The average Bonchev–Trinajstić information content (AvgIpc) is 2.56. The zero-order chi connectivity index (χ0) is 14.2. The van der Waals surface area contributed by atoms with Crippen LogP contribution in [0.3, 0.4) is 0 Å². The van der Waals surface area contributed by atoms with Crippen molar-refractivity contribution >= 4 is 5.91 Å². The maximum atomic E-state index is 13.9. The van der Waals surface area contributed by atoms with Gasteiger partial charge in [0.05, 0.1) is 6.04 Å². The molecule has 0 bridgehead atoms. The lowest BCUT2D eigenvalue weighted by Gasteiger charge is -2.31. The quantitative estimate of drug-likeness (QED) is 0.890. The molecular weight excluding hydrogens is 243 g/mol. The normalized spacial score (nSPS) is 24.1. The Morgan fingerprint density at radius 3 is 2.53 bits per heavy atom. The van der Waals surface area contributed by atoms with E-state index in [2.05, 4.69) is 26.1 Å². The van der Waals surface area contributed by atoms with Gasteiger partial charge in [0.15, 0.2) is 0 Å². The summed E-state index contributed by atoms with van der Waals surface area (Å²) in [4.78, 5) is 14.0. The Morgan fingerprint density at radius 1 is 1.32 bits per heavy atom. The molecule has 1 aliphatic heterocycles. The standard InChI is InChI=1S/C15H21FN2O/c1-10-14(19)18(9-15(2,3)4)13(17-10)11-7-5-6-8-12(11)16/h5-8,10,13,17H,9H2,1-4H3. The van der Waals surface area contributed by atoms with Crippen LogP contribution in [0.4, 0.5) is 4.39 Å². The number of halogens is 1. The van der Waals surface area contributed by atoms with Crippen molar-refractivity contribution < 1.29 is 9.18 Å². The smallest absolute Gasteiger partial charge is 0.241 e. The number of carbonyl (C=O) groups excluding carboxylic acids is 1. The van der Waals surface area contributed by atoms with Crippen LogP contribution in [0.25, 0.3) is 0 Å². The summed E-state index contributed by atoms with van der Waals surface area (Å²) < 4.78 is 13.9. The third-order valence-electron chi connectivity index (χ3n) is 3.22. The molecule has 1 fully saturated rings. The first-order valence-electron chi connectivity index (χ1n) is 6.60. The molecule has 1 aliphatic rings. The fourth-order valence-corrected chi connectivity index (χ4v) is 2.41. The maximum Gasteiger partial charge on any atom is 0.241 e. The summed E-state index contributed by atoms with van der Waals surface area (Å²) in [6.45, 7) is 8.63. The van der Waals surface area contributed by atoms with Crippen LogP contribution in [0.2, 0.25) is 0 Å². The van der Waals surface area contributed by atoms with Crippen molar-refractivity contribution in [3.63, 3.8) is 0 Å². The minimum atomic E-state index is -0.372. The van der Waals surface area contributed by atoms with Gasteiger partial charge >= 0.3 is 0 Å². The Kier molecular flexibility index (Phi) is 3.63. The summed E-state index contributed by atoms with van der Waals surface area (Å²) in [5.74, 6) is -0.246. The van der Waals surface area contributed by atoms with Crippen LogP contribution in [0.1, 0.15) is 39.4 Å². The number of hydrogen-bond acceptors (Lipinski definition) is 2. The number of rotatable bonds is 2. The van der Waals surface area contributed by atoms with Crippen molar-refractivity contribution in [2.24, 2.45) is 5.41 Å². The summed E-state index contributed by atoms with van der Waals surface area (Å²) in [5, 5.41) is 3.17. The van der Waals surface area contributed by atoms with E-state index in [9.17, 15) is 9.18 Å². The minimum Gasteiger partial charge on any atom is -0.321 e. The first-order chi connectivity index (χ1) is 8.79. The third kappa shape index (κ3) is 2.95. The van der Waals surface area contributed by atoms with Gasteiger partial charge in [-0.2, -0.15) is 0 Å². The van der Waals surface area contributed by atoms with Gasteiger partial charge in [0, 0.05) is 12.1 Å². The highest BCUT2D eigenvalue weighted by Gasteiger charge is 2.39. The fraction of sp³-hybridized carbons (Fsp3) is 0.533. The van der Waals surface area contributed by atoms with E-state index in [1.54, 1.807) is 23.1 Å². The van der Waals surface area contributed by atoms with Gasteiger partial charge < -0.3 is 4.90 Å². The lowest BCUT2D eigenvalue weighted by atomic mass is 9.95. The number of nitrogens with zero attached hydrogens (tertiary/aromatic N) is 1. The molecule has 0 aromatic heterocycles. The summed E-state index contributed by atoms with van der Waals surface area (Å²) >= 11 is 0. The van der Waals surface area contributed by atoms with E-state index in [0.717, 1.165) is 0 Å². The van der Waals surface area contributed by atoms with Crippen LogP contribution in [0.5, 0.6) is 0 Å². The average molecular weight is 264 g/mol. The van der Waals surface area contributed by atoms with Gasteiger partial charge in [0.2, 0.25) is 5.91 Å². The van der Waals surface area contributed by atoms with Gasteiger partial charge in [0.1, 0.15) is 12.0 Å². The SMILES string of the molecule is CC1NC(c2ccccc2F)N(CC(C)(C)C)C1=O. The van der Waals surface area contributed by atoms with E-state index in [0.29, 0.717) is 12.1 Å². The molecule has 1 aromatic rings. The monoisotopic (exact) mass is 264 g/mol. The number of nitrogens with one attached hydrogen (secondary N) is 1. The van der Waals surface area contributed by atoms with Gasteiger partial charge in [-0.1, -0.05) is 39.0 Å². The first kappa shape index (κ1) is 14.0. The van der Waals surface area contributed by atoms with E-state index in [1.165, 1.54) is 6.07 Å². The molecule has 2 atom stereocenters. The maximum absolute atomic E-state index is 13.9. The Balaban J connectivity index is 2.33. The van der Waals surface area contributed by atoms with Crippen LogP contribution in [0.15, 0.2) is 24.3 Å². The molecule has 0 spiro atoms. The second kappa shape index (κ2) is 4.93. The second-order valence-corrected chi connectivity index (χ2v) is 6.34. The summed E-state index contributed by atoms with van der Waals surface area (Å²) in [6.07, 6.45) is -0.372. The number of carbonyl (C=O) groups is 1. The lowest BCUT2D eigenvalue weighted by Crippen LogP contribution is -2.37. The molecule has 1 saturated heterocycles. The van der Waals surface area contributed by atoms with Crippen molar-refractivity contribution in [2.45, 2.75) is 39.9 Å². The van der Waals surface area contributed by atoms with E-state index >= 15 is 0 Å². The number of benzene rings is 1. The zero-order valence-electron chi connectivity index (χ0n) is 11.9. The topological polar surface area (TPSA) is 32.3 Å². The van der Waals surface area contributed by atoms with Crippen molar-refractivity contribution in [1.29, 1.82) is 0 Å². The molecule has 1 N–H and O–H groups in total. The molecule has 2 rings (SSSR count). The fourth-order valence-electron chi connectivity index (χ4n) is 2.41. The highest BCUT2D eigenvalue weighted by Crippen LogP contribution is 2.30. The van der Waals surface area contributed by atoms with Gasteiger partial charge in [-0.05, 0) is 18.4 Å². The highest BCUT2D eigenvalue weighted by molar-refractivity contribution is 5.84. The van der Waals surface area contributed by atoms with E-state index < -0.39 is 0 Å². The molecule has 1 heterocycles. The Morgan fingerprint density at radius 2 is 1.95 bits per heavy atom. The van der Waals surface area contributed by atoms with Gasteiger partial charge in [0.25, 0.3) is 0 Å². The minimum absolute atomic E-state index is 0.0229. The molecule has 1 aromatic carbocycles. The van der Waals surface area contributed by atoms with Crippen LogP contribution in [-0.4, -0.2) is 23.4 Å². The van der Waals surface area contributed by atoms with E-state index in [1.807, 2.05) is 6.92 Å². The largest absolute Gasteiger partial charge is 0.321 e. The van der Waals surface area contributed by atoms with E-state index in [4.69, 9.17) is 0 Å². The summed E-state index contributed by atoms with van der Waals surface area (Å²) in [7, 11) is 0. The van der Waals surface area contributed by atoms with Crippen molar-refractivity contribution in [3.05, 3.63) is 35.6 Å². The molecule has 0 aliphatic carbocycles. The molecule has 3 nitrogen and oxygen atoms in total. The van der Waals surface area contributed by atoms with Gasteiger partial charge in [-0.25, -0.2) is 4.39 Å². The van der Waals surface area contributed by atoms with Crippen molar-refractivity contribution in [3.8, 4) is 0 Å². The third-order valence-corrected chi connectivity index (χ3v) is 3.22. The lowest BCUT2D eigenvalue weighted by molar-refractivity contribution is -0.131. The van der Waals surface area contributed by atoms with Crippen molar-refractivity contribution in [2.75, 3.05) is 6.54 Å². The molecule has 0 saturated carbocycles. The van der Waals surface area contributed by atoms with Crippen LogP contribution in [0, 0.1) is 11.2 Å². The van der Waals surface area contributed by atoms with Crippen molar-refractivity contribution in [1.82, 2.24) is 10.2 Å². The molecular formula is C15H21FN2O. The molecule has 19 heavy (non-hydrogen) atoms. The molecule has 0 radical (unpaired) electrons. The van der Waals surface area contributed by atoms with Crippen LogP contribution < -0.4 is 5.32 Å².